The van der Waals surface area contributed by atoms with E-state index in [0.29, 0.717) is 13.2 Å². The molecule has 0 N–H and O–H groups in total. The van der Waals surface area contributed by atoms with Crippen molar-refractivity contribution < 1.29 is 36.0 Å². The first-order valence-corrected chi connectivity index (χ1v) is 15.8. The maximum atomic E-state index is 13.6. The summed E-state index contributed by atoms with van der Waals surface area (Å²) in [7, 11) is -6.39. The number of alkyl halides is 2. The molecule has 1 aliphatic heterocycles. The highest BCUT2D eigenvalue weighted by Gasteiger charge is 2.40. The third-order valence-electron chi connectivity index (χ3n) is 6.88. The highest BCUT2D eigenvalue weighted by molar-refractivity contribution is 7.97. The molecule has 222 valence electrons. The molecule has 0 bridgehead atoms. The van der Waals surface area contributed by atoms with Crippen LogP contribution in [0.5, 0.6) is 5.75 Å². The Morgan fingerprint density at radius 1 is 0.829 bits per heavy atom. The van der Waals surface area contributed by atoms with E-state index in [4.69, 9.17) is 14.2 Å². The van der Waals surface area contributed by atoms with Gasteiger partial charge in [-0.1, -0.05) is 46.8 Å². The van der Waals surface area contributed by atoms with E-state index in [1.807, 2.05) is 31.2 Å². The third kappa shape index (κ3) is 7.29. The fourth-order valence-corrected chi connectivity index (χ4v) is 6.47. The largest absolute Gasteiger partial charge is 0.743 e. The van der Waals surface area contributed by atoms with Crippen LogP contribution in [0.4, 0.5) is 8.78 Å². The average Bonchev–Trinajstić information content (AvgIpc) is 2.90. The minimum atomic E-state index is -5.83. The molecule has 0 amide bonds. The highest BCUT2D eigenvalue weighted by Crippen LogP contribution is 2.38. The van der Waals surface area contributed by atoms with Crippen molar-refractivity contribution in [1.82, 2.24) is 0 Å². The van der Waals surface area contributed by atoms with Crippen molar-refractivity contribution in [3.8, 4) is 5.75 Å². The van der Waals surface area contributed by atoms with Gasteiger partial charge in [0, 0.05) is 11.0 Å². The van der Waals surface area contributed by atoms with Gasteiger partial charge in [0.2, 0.25) is 0 Å². The number of rotatable bonds is 8. The summed E-state index contributed by atoms with van der Waals surface area (Å²) < 4.78 is 76.7. The lowest BCUT2D eigenvalue weighted by Crippen LogP contribution is -2.43. The van der Waals surface area contributed by atoms with Gasteiger partial charge in [0.05, 0.1) is 24.1 Å². The van der Waals surface area contributed by atoms with Gasteiger partial charge in [-0.25, -0.2) is 8.42 Å². The normalized spacial score (nSPS) is 18.1. The molecule has 0 spiro atoms. The molecule has 6 nitrogen and oxygen atoms in total. The van der Waals surface area contributed by atoms with E-state index >= 15 is 0 Å². The number of hydrogen-bond donors (Lipinski definition) is 0. The number of halogens is 2. The Labute approximate surface area is 244 Å². The second-order valence-electron chi connectivity index (χ2n) is 12.1. The van der Waals surface area contributed by atoms with Gasteiger partial charge >= 0.3 is 5.25 Å². The molecule has 10 heteroatoms. The van der Waals surface area contributed by atoms with Crippen molar-refractivity contribution in [2.45, 2.75) is 72.7 Å². The molecular weight excluding hydrogens is 570 g/mol. The molecule has 0 radical (unpaired) electrons. The van der Waals surface area contributed by atoms with Gasteiger partial charge in [-0.05, 0) is 78.6 Å². The van der Waals surface area contributed by atoms with Crippen LogP contribution in [0.25, 0.3) is 0 Å². The molecule has 1 fully saturated rings. The first kappa shape index (κ1) is 31.4. The van der Waals surface area contributed by atoms with Gasteiger partial charge in [-0.2, -0.15) is 8.78 Å². The molecule has 0 aliphatic carbocycles. The molecule has 3 aromatic rings. The summed E-state index contributed by atoms with van der Waals surface area (Å²) in [5.41, 5.74) is 2.03. The molecule has 1 aliphatic rings. The zero-order valence-electron chi connectivity index (χ0n) is 24.1. The van der Waals surface area contributed by atoms with Crippen molar-refractivity contribution >= 4 is 21.0 Å². The van der Waals surface area contributed by atoms with Crippen molar-refractivity contribution in [3.63, 3.8) is 0 Å². The standard InChI is InChI=1S/C31H36F2O6S2/c1-28(2,3)22-7-13-25(14-8-22)40(27-17-11-24(12-18-27)37-21-31(32,33)41(34,35)36)26-15-9-23(10-16-26)30(6)38-19-29(4,5)20-39-30/h7-18H,19-21H2,1-6H3. The van der Waals surface area contributed by atoms with E-state index in [2.05, 4.69) is 58.9 Å². The number of ether oxygens (including phenoxy) is 3. The Morgan fingerprint density at radius 3 is 1.71 bits per heavy atom. The molecule has 0 aromatic heterocycles. The second-order valence-corrected chi connectivity index (χ2v) is 15.7. The fourth-order valence-electron chi connectivity index (χ4n) is 4.22. The van der Waals surface area contributed by atoms with Gasteiger partial charge < -0.3 is 18.8 Å². The number of hydrogen-bond acceptors (Lipinski definition) is 6. The molecule has 0 saturated carbocycles. The Balaban J connectivity index is 1.65. The first-order chi connectivity index (χ1) is 18.9. The maximum Gasteiger partial charge on any atom is 0.367 e. The van der Waals surface area contributed by atoms with Gasteiger partial charge in [-0.3, -0.25) is 0 Å². The van der Waals surface area contributed by atoms with Crippen LogP contribution >= 0.6 is 0 Å². The topological polar surface area (TPSA) is 84.9 Å². The fraction of sp³-hybridized carbons (Fsp3) is 0.419. The minimum Gasteiger partial charge on any atom is -0.743 e. The lowest BCUT2D eigenvalue weighted by molar-refractivity contribution is -0.298. The summed E-state index contributed by atoms with van der Waals surface area (Å²) in [6.07, 6.45) is 0. The highest BCUT2D eigenvalue weighted by atomic mass is 32.2. The summed E-state index contributed by atoms with van der Waals surface area (Å²) in [5, 5.41) is -4.52. The Morgan fingerprint density at radius 2 is 1.27 bits per heavy atom. The molecule has 1 atom stereocenters. The van der Waals surface area contributed by atoms with Crippen LogP contribution in [-0.4, -0.2) is 38.0 Å². The molecular formula is C31H36F2O6S2. The van der Waals surface area contributed by atoms with Gasteiger partial charge in [0.1, 0.15) is 5.75 Å². The lowest BCUT2D eigenvalue weighted by Gasteiger charge is -2.41. The quantitative estimate of drug-likeness (QED) is 0.206. The average molecular weight is 607 g/mol. The van der Waals surface area contributed by atoms with E-state index in [-0.39, 0.29) is 16.6 Å². The first-order valence-electron chi connectivity index (χ1n) is 13.2. The van der Waals surface area contributed by atoms with Crippen molar-refractivity contribution in [3.05, 3.63) is 83.9 Å². The van der Waals surface area contributed by atoms with Crippen LogP contribution in [0.3, 0.4) is 0 Å². The van der Waals surface area contributed by atoms with Crippen LogP contribution in [0, 0.1) is 5.41 Å². The van der Waals surface area contributed by atoms with E-state index in [9.17, 15) is 21.8 Å². The van der Waals surface area contributed by atoms with Gasteiger partial charge in [0.15, 0.2) is 37.2 Å². The molecule has 1 saturated heterocycles. The van der Waals surface area contributed by atoms with E-state index in [1.165, 1.54) is 17.7 Å². The van der Waals surface area contributed by atoms with Gasteiger partial charge in [0.25, 0.3) is 0 Å². The minimum absolute atomic E-state index is 0.0125. The zero-order chi connectivity index (χ0) is 30.3. The summed E-state index contributed by atoms with van der Waals surface area (Å²) >= 11 is 0. The van der Waals surface area contributed by atoms with Crippen LogP contribution in [0.1, 0.15) is 52.7 Å². The monoisotopic (exact) mass is 606 g/mol. The van der Waals surface area contributed by atoms with Crippen molar-refractivity contribution in [2.75, 3.05) is 19.8 Å². The molecule has 1 heterocycles. The summed E-state index contributed by atoms with van der Waals surface area (Å²) in [6.45, 7) is 12.2. The molecule has 4 rings (SSSR count). The second kappa shape index (κ2) is 11.3. The number of benzene rings is 3. The Hall–Kier alpha value is -2.50. The SMILES string of the molecule is CC1(C)COC(C)(c2ccc([S+](c3ccc(OCC(F)(F)S(=O)(=O)[O-])cc3)c3ccc(C(C)(C)C)cc3)cc2)OC1. The predicted octanol–water partition coefficient (Wildman–Crippen LogP) is 6.84. The van der Waals surface area contributed by atoms with E-state index in [1.54, 1.807) is 12.1 Å². The van der Waals surface area contributed by atoms with Gasteiger partial charge in [-0.15, -0.1) is 0 Å². The molecule has 3 aromatic carbocycles. The predicted molar refractivity (Wildman–Crippen MR) is 153 cm³/mol. The van der Waals surface area contributed by atoms with Crippen LogP contribution in [0.2, 0.25) is 0 Å². The smallest absolute Gasteiger partial charge is 0.367 e. The Bertz CT molecular complexity index is 1440. The van der Waals surface area contributed by atoms with Crippen molar-refractivity contribution in [1.29, 1.82) is 0 Å². The summed E-state index contributed by atoms with van der Waals surface area (Å²) in [4.78, 5) is 2.98. The Kier molecular flexibility index (Phi) is 8.66. The lowest BCUT2D eigenvalue weighted by atomic mass is 9.87. The maximum absolute atomic E-state index is 13.6. The summed E-state index contributed by atoms with van der Waals surface area (Å²) in [6, 6.07) is 23.0. The molecule has 1 unspecified atom stereocenters. The summed E-state index contributed by atoms with van der Waals surface area (Å²) in [5.74, 6) is -0.818. The van der Waals surface area contributed by atoms with Crippen LogP contribution < -0.4 is 4.74 Å². The van der Waals surface area contributed by atoms with E-state index in [0.717, 1.165) is 20.2 Å². The van der Waals surface area contributed by atoms with Crippen LogP contribution in [0.15, 0.2) is 87.5 Å². The van der Waals surface area contributed by atoms with Crippen LogP contribution in [-0.2, 0) is 41.7 Å². The van der Waals surface area contributed by atoms with Crippen molar-refractivity contribution in [2.24, 2.45) is 5.41 Å². The van der Waals surface area contributed by atoms with E-state index < -0.39 is 38.7 Å². The third-order valence-corrected chi connectivity index (χ3v) is 9.96. The molecule has 41 heavy (non-hydrogen) atoms. The zero-order valence-corrected chi connectivity index (χ0v) is 25.7.